The van der Waals surface area contributed by atoms with E-state index in [2.05, 4.69) is 35.7 Å². The van der Waals surface area contributed by atoms with Crippen molar-refractivity contribution in [3.05, 3.63) is 36.1 Å². The third kappa shape index (κ3) is 1.23. The summed E-state index contributed by atoms with van der Waals surface area (Å²) in [6.45, 7) is 1.13. The zero-order valence-electron chi connectivity index (χ0n) is 8.45. The fourth-order valence-corrected chi connectivity index (χ4v) is 3.05. The summed E-state index contributed by atoms with van der Waals surface area (Å²) in [5, 5.41) is 3.60. The van der Waals surface area contributed by atoms with Gasteiger partial charge in [-0.2, -0.15) is 0 Å². The van der Waals surface area contributed by atoms with E-state index in [1.54, 1.807) is 0 Å². The molecular formula is C13H17N. The van der Waals surface area contributed by atoms with Crippen LogP contribution in [0.25, 0.3) is 0 Å². The molecule has 3 rings (SSSR count). The summed E-state index contributed by atoms with van der Waals surface area (Å²) < 4.78 is 0. The van der Waals surface area contributed by atoms with E-state index in [4.69, 9.17) is 0 Å². The van der Waals surface area contributed by atoms with Gasteiger partial charge in [0, 0.05) is 24.1 Å². The summed E-state index contributed by atoms with van der Waals surface area (Å²) in [5.74, 6) is 2.29. The maximum atomic E-state index is 3.60. The molecule has 3 unspecified atom stereocenters. The van der Waals surface area contributed by atoms with Crippen molar-refractivity contribution in [2.24, 2.45) is 17.8 Å². The van der Waals surface area contributed by atoms with E-state index in [0.29, 0.717) is 0 Å². The molecule has 0 aromatic carbocycles. The van der Waals surface area contributed by atoms with Gasteiger partial charge < -0.3 is 5.32 Å². The molecule has 1 N–H and O–H groups in total. The summed E-state index contributed by atoms with van der Waals surface area (Å²) in [7, 11) is 0. The predicted octanol–water partition coefficient (Wildman–Crippen LogP) is 2.63. The van der Waals surface area contributed by atoms with Crippen molar-refractivity contribution in [2.75, 3.05) is 6.54 Å². The van der Waals surface area contributed by atoms with Crippen LogP contribution in [0.1, 0.15) is 19.3 Å². The summed E-state index contributed by atoms with van der Waals surface area (Å²) in [4.78, 5) is 0. The van der Waals surface area contributed by atoms with E-state index in [1.807, 2.05) is 0 Å². The summed E-state index contributed by atoms with van der Waals surface area (Å²) in [6, 6.07) is 0. The van der Waals surface area contributed by atoms with Crippen molar-refractivity contribution < 1.29 is 0 Å². The molecule has 0 radical (unpaired) electrons. The molecular weight excluding hydrogens is 170 g/mol. The van der Waals surface area contributed by atoms with Gasteiger partial charge in [0.15, 0.2) is 0 Å². The van der Waals surface area contributed by atoms with Crippen molar-refractivity contribution >= 4 is 0 Å². The number of nitrogens with one attached hydrogen (secondary N) is 1. The number of fused-ring (bicyclic) bond motifs is 3. The van der Waals surface area contributed by atoms with Crippen LogP contribution in [-0.2, 0) is 0 Å². The zero-order chi connectivity index (χ0) is 9.38. The van der Waals surface area contributed by atoms with E-state index >= 15 is 0 Å². The van der Waals surface area contributed by atoms with Crippen molar-refractivity contribution in [3.63, 3.8) is 0 Å². The normalized spacial score (nSPS) is 39.4. The third-order valence-corrected chi connectivity index (χ3v) is 3.79. The van der Waals surface area contributed by atoms with Crippen molar-refractivity contribution in [1.29, 1.82) is 0 Å². The van der Waals surface area contributed by atoms with Crippen molar-refractivity contribution in [3.8, 4) is 0 Å². The van der Waals surface area contributed by atoms with E-state index < -0.39 is 0 Å². The second kappa shape index (κ2) is 3.30. The average molecular weight is 187 g/mol. The third-order valence-electron chi connectivity index (χ3n) is 3.79. The van der Waals surface area contributed by atoms with Crippen LogP contribution in [0.2, 0.25) is 0 Å². The summed E-state index contributed by atoms with van der Waals surface area (Å²) in [5.41, 5.74) is 1.53. The molecule has 3 atom stereocenters. The predicted molar refractivity (Wildman–Crippen MR) is 58.7 cm³/mol. The lowest BCUT2D eigenvalue weighted by Crippen LogP contribution is -2.41. The Morgan fingerprint density at radius 1 is 1.21 bits per heavy atom. The van der Waals surface area contributed by atoms with Crippen LogP contribution in [0.5, 0.6) is 0 Å². The largest absolute Gasteiger partial charge is 0.388 e. The fourth-order valence-electron chi connectivity index (χ4n) is 3.05. The number of rotatable bonds is 0. The first-order valence-corrected chi connectivity index (χ1v) is 5.74. The number of hydrogen-bond acceptors (Lipinski definition) is 1. The van der Waals surface area contributed by atoms with Gasteiger partial charge in [0.25, 0.3) is 0 Å². The van der Waals surface area contributed by atoms with Gasteiger partial charge in [0.2, 0.25) is 0 Å². The first kappa shape index (κ1) is 8.34. The van der Waals surface area contributed by atoms with Crippen LogP contribution in [-0.4, -0.2) is 6.54 Å². The Bertz CT molecular complexity index is 311. The number of hydrogen-bond donors (Lipinski definition) is 1. The molecule has 0 saturated carbocycles. The number of allylic oxidation sites excluding steroid dienone is 5. The second-order valence-electron chi connectivity index (χ2n) is 4.59. The van der Waals surface area contributed by atoms with Gasteiger partial charge in [0.1, 0.15) is 0 Å². The van der Waals surface area contributed by atoms with Crippen molar-refractivity contribution in [2.45, 2.75) is 19.3 Å². The minimum atomic E-state index is 0.736. The van der Waals surface area contributed by atoms with Gasteiger partial charge in [0.05, 0.1) is 0 Å². The molecule has 74 valence electrons. The number of piperidine rings is 1. The molecule has 0 amide bonds. The highest BCUT2D eigenvalue weighted by Gasteiger charge is 2.34. The lowest BCUT2D eigenvalue weighted by atomic mass is 9.71. The zero-order valence-corrected chi connectivity index (χ0v) is 8.45. The standard InChI is InChI=1S/C13H17N/c1-2-6-11-10(5-1)9-14-13-8-4-3-7-12(11)13/h1-2,5-6,8,10-12,14H,3-4,7,9H2. The molecule has 0 aromatic rings. The molecule has 2 aliphatic carbocycles. The van der Waals surface area contributed by atoms with Gasteiger partial charge in [-0.05, 0) is 25.2 Å². The SMILES string of the molecule is C1=CC2CNC3=CCCCC3C2C=C1. The maximum absolute atomic E-state index is 3.60. The topological polar surface area (TPSA) is 12.0 Å². The van der Waals surface area contributed by atoms with E-state index in [0.717, 1.165) is 24.3 Å². The Morgan fingerprint density at radius 2 is 2.14 bits per heavy atom. The maximum Gasteiger partial charge on any atom is 0.0212 e. The van der Waals surface area contributed by atoms with Gasteiger partial charge in [-0.15, -0.1) is 0 Å². The molecule has 0 bridgehead atoms. The van der Waals surface area contributed by atoms with E-state index in [1.165, 1.54) is 25.0 Å². The Kier molecular flexibility index (Phi) is 1.97. The second-order valence-corrected chi connectivity index (χ2v) is 4.59. The first-order valence-electron chi connectivity index (χ1n) is 5.74. The monoisotopic (exact) mass is 187 g/mol. The van der Waals surface area contributed by atoms with Gasteiger partial charge >= 0.3 is 0 Å². The fraction of sp³-hybridized carbons (Fsp3) is 0.538. The van der Waals surface area contributed by atoms with E-state index in [-0.39, 0.29) is 0 Å². The molecule has 1 nitrogen and oxygen atoms in total. The van der Waals surface area contributed by atoms with Crippen LogP contribution in [0.4, 0.5) is 0 Å². The highest BCUT2D eigenvalue weighted by atomic mass is 14.9. The summed E-state index contributed by atoms with van der Waals surface area (Å²) in [6.07, 6.45) is 15.6. The smallest absolute Gasteiger partial charge is 0.0212 e. The first-order chi connectivity index (χ1) is 6.95. The van der Waals surface area contributed by atoms with Gasteiger partial charge in [-0.25, -0.2) is 0 Å². The molecule has 14 heavy (non-hydrogen) atoms. The van der Waals surface area contributed by atoms with E-state index in [9.17, 15) is 0 Å². The molecule has 0 aromatic heterocycles. The highest BCUT2D eigenvalue weighted by molar-refractivity contribution is 5.24. The van der Waals surface area contributed by atoms with Gasteiger partial charge in [-0.1, -0.05) is 30.4 Å². The van der Waals surface area contributed by atoms with Crippen LogP contribution in [0, 0.1) is 17.8 Å². The van der Waals surface area contributed by atoms with Crippen molar-refractivity contribution in [1.82, 2.24) is 5.32 Å². The molecule has 3 aliphatic rings. The molecule has 1 heterocycles. The Morgan fingerprint density at radius 3 is 3.14 bits per heavy atom. The minimum Gasteiger partial charge on any atom is -0.388 e. The quantitative estimate of drug-likeness (QED) is 0.614. The Balaban J connectivity index is 1.90. The molecule has 1 heteroatoms. The lowest BCUT2D eigenvalue weighted by molar-refractivity contribution is 0.265. The Labute approximate surface area is 85.6 Å². The van der Waals surface area contributed by atoms with Crippen LogP contribution < -0.4 is 5.32 Å². The lowest BCUT2D eigenvalue weighted by Gasteiger charge is -2.41. The highest BCUT2D eigenvalue weighted by Crippen LogP contribution is 2.39. The summed E-state index contributed by atoms with van der Waals surface area (Å²) >= 11 is 0. The van der Waals surface area contributed by atoms with Gasteiger partial charge in [-0.3, -0.25) is 0 Å². The molecule has 1 fully saturated rings. The minimum absolute atomic E-state index is 0.736. The molecule has 1 aliphatic heterocycles. The molecule has 1 saturated heterocycles. The van der Waals surface area contributed by atoms with Crippen LogP contribution >= 0.6 is 0 Å². The average Bonchev–Trinajstić information content (AvgIpc) is 2.29. The molecule has 0 spiro atoms. The Hall–Kier alpha value is -0.980. The van der Waals surface area contributed by atoms with Crippen LogP contribution in [0.15, 0.2) is 36.1 Å². The van der Waals surface area contributed by atoms with Crippen LogP contribution in [0.3, 0.4) is 0 Å².